The van der Waals surface area contributed by atoms with Gasteiger partial charge in [-0.05, 0) is 42.7 Å². The first-order chi connectivity index (χ1) is 11.9. The van der Waals surface area contributed by atoms with Crippen molar-refractivity contribution in [3.8, 4) is 0 Å². The Morgan fingerprint density at radius 1 is 1.12 bits per heavy atom. The van der Waals surface area contributed by atoms with Crippen LogP contribution in [-0.4, -0.2) is 24.1 Å². The van der Waals surface area contributed by atoms with Crippen LogP contribution in [0, 0.1) is 6.92 Å². The van der Waals surface area contributed by atoms with Crippen molar-refractivity contribution in [1.82, 2.24) is 4.98 Å². The summed E-state index contributed by atoms with van der Waals surface area (Å²) in [5.41, 5.74) is 4.45. The number of pyridine rings is 1. The van der Waals surface area contributed by atoms with Gasteiger partial charge in [0, 0.05) is 25.4 Å². The SMILES string of the molecule is CNc1ccccc1NCSCc1nccc(CCC(F)(F)F)c1C. The number of aromatic nitrogens is 1. The first-order valence-electron chi connectivity index (χ1n) is 7.99. The van der Waals surface area contributed by atoms with Crippen molar-refractivity contribution < 1.29 is 13.2 Å². The predicted molar refractivity (Wildman–Crippen MR) is 99.1 cm³/mol. The van der Waals surface area contributed by atoms with E-state index in [0.717, 1.165) is 28.2 Å². The van der Waals surface area contributed by atoms with Crippen LogP contribution in [0.25, 0.3) is 0 Å². The minimum atomic E-state index is -4.13. The fourth-order valence-electron chi connectivity index (χ4n) is 2.45. The highest BCUT2D eigenvalue weighted by molar-refractivity contribution is 7.98. The maximum Gasteiger partial charge on any atom is 0.389 e. The van der Waals surface area contributed by atoms with Gasteiger partial charge < -0.3 is 10.6 Å². The topological polar surface area (TPSA) is 37.0 Å². The number of alkyl halides is 3. The van der Waals surface area contributed by atoms with Gasteiger partial charge in [0.25, 0.3) is 0 Å². The molecule has 0 saturated heterocycles. The van der Waals surface area contributed by atoms with Crippen LogP contribution in [0.3, 0.4) is 0 Å². The second-order valence-electron chi connectivity index (χ2n) is 5.62. The Kier molecular flexibility index (Phi) is 6.99. The molecular formula is C18H22F3N3S. The molecule has 2 aromatic rings. The van der Waals surface area contributed by atoms with E-state index in [1.807, 2.05) is 38.2 Å². The lowest BCUT2D eigenvalue weighted by Gasteiger charge is -2.13. The molecule has 0 fully saturated rings. The molecule has 0 atom stereocenters. The molecule has 7 heteroatoms. The number of rotatable bonds is 8. The number of nitrogens with one attached hydrogen (secondary N) is 2. The summed E-state index contributed by atoms with van der Waals surface area (Å²) in [4.78, 5) is 4.32. The number of aryl methyl sites for hydroxylation is 1. The number of hydrogen-bond donors (Lipinski definition) is 2. The first kappa shape index (κ1) is 19.4. The lowest BCUT2D eigenvalue weighted by Crippen LogP contribution is -2.10. The minimum Gasteiger partial charge on any atom is -0.386 e. The van der Waals surface area contributed by atoms with Crippen LogP contribution in [0.1, 0.15) is 23.2 Å². The summed E-state index contributed by atoms with van der Waals surface area (Å²) in [6.45, 7) is 1.85. The van der Waals surface area contributed by atoms with Gasteiger partial charge in [-0.3, -0.25) is 4.98 Å². The third kappa shape index (κ3) is 6.16. The third-order valence-electron chi connectivity index (χ3n) is 3.90. The van der Waals surface area contributed by atoms with Crippen LogP contribution < -0.4 is 10.6 Å². The zero-order valence-electron chi connectivity index (χ0n) is 14.3. The normalized spacial score (nSPS) is 11.4. The van der Waals surface area contributed by atoms with E-state index in [-0.39, 0.29) is 6.42 Å². The molecular weight excluding hydrogens is 347 g/mol. The molecule has 0 aliphatic rings. The fourth-order valence-corrected chi connectivity index (χ4v) is 3.29. The largest absolute Gasteiger partial charge is 0.389 e. The Labute approximate surface area is 150 Å². The molecule has 0 aliphatic heterocycles. The molecule has 0 spiro atoms. The average molecular weight is 369 g/mol. The highest BCUT2D eigenvalue weighted by atomic mass is 32.2. The van der Waals surface area contributed by atoms with E-state index in [9.17, 15) is 13.2 Å². The molecule has 3 nitrogen and oxygen atoms in total. The van der Waals surface area contributed by atoms with E-state index in [1.54, 1.807) is 24.0 Å². The van der Waals surface area contributed by atoms with Crippen molar-refractivity contribution >= 4 is 23.1 Å². The number of nitrogens with zero attached hydrogens (tertiary/aromatic N) is 1. The van der Waals surface area contributed by atoms with Crippen molar-refractivity contribution in [3.63, 3.8) is 0 Å². The lowest BCUT2D eigenvalue weighted by molar-refractivity contribution is -0.134. The average Bonchev–Trinajstić information content (AvgIpc) is 2.58. The molecule has 2 N–H and O–H groups in total. The van der Waals surface area contributed by atoms with Crippen LogP contribution in [0.2, 0.25) is 0 Å². The van der Waals surface area contributed by atoms with E-state index < -0.39 is 12.6 Å². The van der Waals surface area contributed by atoms with Crippen LogP contribution in [-0.2, 0) is 12.2 Å². The minimum absolute atomic E-state index is 0.00329. The van der Waals surface area contributed by atoms with Gasteiger partial charge in [0.1, 0.15) is 0 Å². The molecule has 0 saturated carbocycles. The molecule has 1 aromatic heterocycles. The number of anilines is 2. The van der Waals surface area contributed by atoms with Gasteiger partial charge in [-0.25, -0.2) is 0 Å². The molecule has 2 rings (SSSR count). The van der Waals surface area contributed by atoms with Gasteiger partial charge >= 0.3 is 6.18 Å². The molecule has 0 bridgehead atoms. The first-order valence-corrected chi connectivity index (χ1v) is 9.14. The summed E-state index contributed by atoms with van der Waals surface area (Å²) >= 11 is 1.64. The maximum atomic E-state index is 12.4. The number of benzene rings is 1. The number of thioether (sulfide) groups is 1. The lowest BCUT2D eigenvalue weighted by atomic mass is 10.0. The highest BCUT2D eigenvalue weighted by Gasteiger charge is 2.26. The Morgan fingerprint density at radius 2 is 1.84 bits per heavy atom. The molecule has 0 radical (unpaired) electrons. The molecule has 0 unspecified atom stereocenters. The van der Waals surface area contributed by atoms with E-state index in [1.165, 1.54) is 0 Å². The van der Waals surface area contributed by atoms with Crippen molar-refractivity contribution in [1.29, 1.82) is 0 Å². The van der Waals surface area contributed by atoms with Gasteiger partial charge in [0.05, 0.1) is 22.9 Å². The van der Waals surface area contributed by atoms with Gasteiger partial charge in [-0.2, -0.15) is 13.2 Å². The second kappa shape index (κ2) is 8.99. The standard InChI is InChI=1S/C18H22F3N3S/c1-13-14(7-9-18(19,20)21)8-10-23-17(13)11-25-12-24-16-6-4-3-5-15(16)22-2/h3-6,8,10,22,24H,7,9,11-12H2,1-2H3. The summed E-state index contributed by atoms with van der Waals surface area (Å²) in [5, 5.41) is 6.46. The van der Waals surface area contributed by atoms with E-state index in [4.69, 9.17) is 0 Å². The Morgan fingerprint density at radius 3 is 2.52 bits per heavy atom. The van der Waals surface area contributed by atoms with Crippen molar-refractivity contribution in [2.75, 3.05) is 23.6 Å². The quantitative estimate of drug-likeness (QED) is 0.493. The number of hydrogen-bond acceptors (Lipinski definition) is 4. The van der Waals surface area contributed by atoms with Gasteiger partial charge in [-0.1, -0.05) is 12.1 Å². The molecule has 0 aliphatic carbocycles. The highest BCUT2D eigenvalue weighted by Crippen LogP contribution is 2.25. The summed E-state index contributed by atoms with van der Waals surface area (Å²) < 4.78 is 37.2. The summed E-state index contributed by atoms with van der Waals surface area (Å²) in [6.07, 6.45) is -3.33. The zero-order valence-corrected chi connectivity index (χ0v) is 15.1. The van der Waals surface area contributed by atoms with E-state index >= 15 is 0 Å². The van der Waals surface area contributed by atoms with Crippen LogP contribution in [0.15, 0.2) is 36.5 Å². The van der Waals surface area contributed by atoms with Crippen LogP contribution in [0.5, 0.6) is 0 Å². The van der Waals surface area contributed by atoms with E-state index in [2.05, 4.69) is 15.6 Å². The second-order valence-corrected chi connectivity index (χ2v) is 6.61. The van der Waals surface area contributed by atoms with Crippen molar-refractivity contribution in [2.24, 2.45) is 0 Å². The van der Waals surface area contributed by atoms with Crippen LogP contribution >= 0.6 is 11.8 Å². The third-order valence-corrected chi connectivity index (χ3v) is 4.72. The van der Waals surface area contributed by atoms with Crippen molar-refractivity contribution in [2.45, 2.75) is 31.7 Å². The Hall–Kier alpha value is -1.89. The summed E-state index contributed by atoms with van der Waals surface area (Å²) in [5.74, 6) is 1.34. The molecule has 0 amide bonds. The molecule has 136 valence electrons. The molecule has 1 heterocycles. The monoisotopic (exact) mass is 369 g/mol. The maximum absolute atomic E-state index is 12.4. The van der Waals surface area contributed by atoms with Gasteiger partial charge in [0.15, 0.2) is 0 Å². The van der Waals surface area contributed by atoms with E-state index in [0.29, 0.717) is 11.6 Å². The van der Waals surface area contributed by atoms with Gasteiger partial charge in [0.2, 0.25) is 0 Å². The Bertz CT molecular complexity index is 690. The van der Waals surface area contributed by atoms with Crippen molar-refractivity contribution in [3.05, 3.63) is 53.3 Å². The number of para-hydroxylation sites is 2. The predicted octanol–water partition coefficient (Wildman–Crippen LogP) is 5.23. The fraction of sp³-hybridized carbons (Fsp3) is 0.389. The summed E-state index contributed by atoms with van der Waals surface area (Å²) in [7, 11) is 1.87. The molecule has 1 aromatic carbocycles. The summed E-state index contributed by atoms with van der Waals surface area (Å²) in [6, 6.07) is 9.58. The smallest absolute Gasteiger partial charge is 0.386 e. The number of halogens is 3. The molecule has 25 heavy (non-hydrogen) atoms. The Balaban J connectivity index is 1.88. The zero-order chi connectivity index (χ0) is 18.3. The van der Waals surface area contributed by atoms with Gasteiger partial charge in [-0.15, -0.1) is 11.8 Å². The van der Waals surface area contributed by atoms with Crippen LogP contribution in [0.4, 0.5) is 24.5 Å².